The Labute approximate surface area is 149 Å². The lowest BCUT2D eigenvalue weighted by atomic mass is 9.95. The maximum Gasteiger partial charge on any atom is 0.407 e. The first-order valence-corrected chi connectivity index (χ1v) is 7.80. The van der Waals surface area contributed by atoms with Crippen molar-refractivity contribution >= 4 is 17.3 Å². The quantitative estimate of drug-likeness (QED) is 0.765. The van der Waals surface area contributed by atoms with E-state index in [1.54, 1.807) is 0 Å². The smallest absolute Gasteiger partial charge is 0.380 e. The van der Waals surface area contributed by atoms with E-state index in [2.05, 4.69) is 10.2 Å². The van der Waals surface area contributed by atoms with Gasteiger partial charge < -0.3 is 10.4 Å². The Balaban J connectivity index is 2.12. The molecular weight excluding hydrogens is 345 g/mol. The van der Waals surface area contributed by atoms with Gasteiger partial charge >= 0.3 is 6.18 Å². The number of anilines is 1. The zero-order chi connectivity index (χ0) is 19.4. The molecular formula is C19H17F3N2O2. The Morgan fingerprint density at radius 3 is 2.42 bits per heavy atom. The van der Waals surface area contributed by atoms with Crippen molar-refractivity contribution in [3.8, 4) is 0 Å². The maximum atomic E-state index is 13.0. The number of rotatable bonds is 5. The highest BCUT2D eigenvalue weighted by atomic mass is 19.4. The lowest BCUT2D eigenvalue weighted by molar-refractivity contribution is -0.137. The van der Waals surface area contributed by atoms with Crippen LogP contribution in [-0.4, -0.2) is 16.6 Å². The average Bonchev–Trinajstić information content (AvgIpc) is 2.60. The second-order valence-electron chi connectivity index (χ2n) is 6.06. The molecule has 0 fully saturated rings. The molecule has 0 aliphatic heterocycles. The summed E-state index contributed by atoms with van der Waals surface area (Å²) in [5.41, 5.74) is -2.64. The zero-order valence-corrected chi connectivity index (χ0v) is 14.0. The molecule has 0 bridgehead atoms. The van der Waals surface area contributed by atoms with Crippen LogP contribution in [-0.2, 0) is 17.4 Å². The van der Waals surface area contributed by atoms with Gasteiger partial charge in [-0.25, -0.2) is 4.85 Å². The minimum atomic E-state index is -4.71. The number of nitrogens with zero attached hydrogens (tertiary/aromatic N) is 1. The lowest BCUT2D eigenvalue weighted by Crippen LogP contribution is -2.40. The van der Waals surface area contributed by atoms with E-state index in [-0.39, 0.29) is 12.1 Å². The van der Waals surface area contributed by atoms with Crippen LogP contribution in [0.4, 0.5) is 24.5 Å². The second kappa shape index (κ2) is 7.58. The highest BCUT2D eigenvalue weighted by molar-refractivity contribution is 5.97. The largest absolute Gasteiger partial charge is 0.407 e. The molecule has 1 atom stereocenters. The molecule has 0 saturated carbocycles. The van der Waals surface area contributed by atoms with Crippen LogP contribution in [0.5, 0.6) is 0 Å². The monoisotopic (exact) mass is 362 g/mol. The van der Waals surface area contributed by atoms with Crippen LogP contribution in [0.25, 0.3) is 4.85 Å². The first-order chi connectivity index (χ1) is 12.1. The van der Waals surface area contributed by atoms with Crippen LogP contribution in [0, 0.1) is 6.57 Å². The molecule has 4 nitrogen and oxygen atoms in total. The third-order valence-electron chi connectivity index (χ3n) is 3.91. The number of halogens is 3. The Hall–Kier alpha value is -2.85. The van der Waals surface area contributed by atoms with Crippen molar-refractivity contribution in [1.82, 2.24) is 0 Å². The maximum absolute atomic E-state index is 13.0. The van der Waals surface area contributed by atoms with Gasteiger partial charge in [-0.05, 0) is 37.5 Å². The number of benzene rings is 2. The third-order valence-corrected chi connectivity index (χ3v) is 3.91. The van der Waals surface area contributed by atoms with Crippen molar-refractivity contribution in [2.75, 3.05) is 5.32 Å². The van der Waals surface area contributed by atoms with Crippen LogP contribution in [0.2, 0.25) is 0 Å². The molecule has 2 rings (SSSR count). The number of nitrogens with one attached hydrogen (secondary N) is 1. The minimum absolute atomic E-state index is 0.106. The molecule has 7 heteroatoms. The van der Waals surface area contributed by atoms with Crippen molar-refractivity contribution in [1.29, 1.82) is 0 Å². The van der Waals surface area contributed by atoms with E-state index in [1.165, 1.54) is 13.0 Å². The van der Waals surface area contributed by atoms with Crippen molar-refractivity contribution in [2.24, 2.45) is 0 Å². The van der Waals surface area contributed by atoms with Gasteiger partial charge in [-0.2, -0.15) is 13.2 Å². The van der Waals surface area contributed by atoms with Gasteiger partial charge in [0.05, 0.1) is 12.1 Å². The summed E-state index contributed by atoms with van der Waals surface area (Å²) in [4.78, 5) is 15.1. The summed E-state index contributed by atoms with van der Waals surface area (Å²) in [6.45, 7) is 8.12. The van der Waals surface area contributed by atoms with E-state index in [1.807, 2.05) is 30.3 Å². The number of hydrogen-bond donors (Lipinski definition) is 2. The van der Waals surface area contributed by atoms with Crippen LogP contribution >= 0.6 is 0 Å². The van der Waals surface area contributed by atoms with Crippen LogP contribution < -0.4 is 5.32 Å². The van der Waals surface area contributed by atoms with E-state index in [9.17, 15) is 23.1 Å². The van der Waals surface area contributed by atoms with E-state index in [0.29, 0.717) is 12.5 Å². The Kier molecular flexibility index (Phi) is 5.68. The van der Waals surface area contributed by atoms with Crippen molar-refractivity contribution in [3.05, 3.63) is 71.1 Å². The molecule has 26 heavy (non-hydrogen) atoms. The first kappa shape index (κ1) is 19.5. The summed E-state index contributed by atoms with van der Waals surface area (Å²) in [5.74, 6) is -0.808. The molecule has 0 aliphatic carbocycles. The van der Waals surface area contributed by atoms with E-state index in [0.717, 1.165) is 11.6 Å². The molecule has 0 heterocycles. The number of amides is 1. The summed E-state index contributed by atoms with van der Waals surface area (Å²) in [6, 6.07) is 12.1. The number of aryl methyl sites for hydroxylation is 1. The van der Waals surface area contributed by atoms with E-state index in [4.69, 9.17) is 6.57 Å². The SMILES string of the molecule is [C-]#[N+]c1ccc(NC(=O)C(C)(O)CCc2ccccc2)cc1C(F)(F)F. The Morgan fingerprint density at radius 2 is 1.85 bits per heavy atom. The number of alkyl halides is 3. The fourth-order valence-corrected chi connectivity index (χ4v) is 2.35. The fourth-order valence-electron chi connectivity index (χ4n) is 2.35. The summed E-state index contributed by atoms with van der Waals surface area (Å²) in [7, 11) is 0. The first-order valence-electron chi connectivity index (χ1n) is 7.80. The molecule has 0 radical (unpaired) electrons. The van der Waals surface area contributed by atoms with Gasteiger partial charge in [-0.1, -0.05) is 36.4 Å². The highest BCUT2D eigenvalue weighted by Gasteiger charge is 2.34. The van der Waals surface area contributed by atoms with Gasteiger partial charge in [0.1, 0.15) is 5.60 Å². The van der Waals surface area contributed by atoms with Gasteiger partial charge in [0, 0.05) is 5.69 Å². The van der Waals surface area contributed by atoms with Crippen molar-refractivity contribution in [2.45, 2.75) is 31.5 Å². The van der Waals surface area contributed by atoms with Crippen LogP contribution in [0.3, 0.4) is 0 Å². The molecule has 0 aromatic heterocycles. The van der Waals surface area contributed by atoms with Gasteiger partial charge in [0.15, 0.2) is 5.69 Å². The van der Waals surface area contributed by atoms with Gasteiger partial charge in [0.25, 0.3) is 5.91 Å². The molecule has 2 N–H and O–H groups in total. The molecule has 0 saturated heterocycles. The number of carbonyl (C=O) groups excluding carboxylic acids is 1. The zero-order valence-electron chi connectivity index (χ0n) is 14.0. The van der Waals surface area contributed by atoms with Crippen LogP contribution in [0.1, 0.15) is 24.5 Å². The average molecular weight is 362 g/mol. The molecule has 1 unspecified atom stereocenters. The van der Waals surface area contributed by atoms with Gasteiger partial charge in [-0.3, -0.25) is 4.79 Å². The molecule has 0 spiro atoms. The van der Waals surface area contributed by atoms with E-state index >= 15 is 0 Å². The van der Waals surface area contributed by atoms with Crippen LogP contribution in [0.15, 0.2) is 48.5 Å². The topological polar surface area (TPSA) is 53.7 Å². The predicted octanol–water partition coefficient (Wildman–Crippen LogP) is 4.58. The Bertz CT molecular complexity index is 825. The second-order valence-corrected chi connectivity index (χ2v) is 6.06. The number of hydrogen-bond acceptors (Lipinski definition) is 2. The van der Waals surface area contributed by atoms with Crippen molar-refractivity contribution in [3.63, 3.8) is 0 Å². The molecule has 0 aliphatic rings. The van der Waals surface area contributed by atoms with Gasteiger partial charge in [-0.15, -0.1) is 0 Å². The molecule has 2 aromatic rings. The van der Waals surface area contributed by atoms with E-state index < -0.39 is 28.9 Å². The van der Waals surface area contributed by atoms with Crippen molar-refractivity contribution < 1.29 is 23.1 Å². The Morgan fingerprint density at radius 1 is 1.19 bits per heavy atom. The summed E-state index contributed by atoms with van der Waals surface area (Å²) in [6.07, 6.45) is -4.17. The summed E-state index contributed by atoms with van der Waals surface area (Å²) in [5, 5.41) is 12.6. The fraction of sp³-hybridized carbons (Fsp3) is 0.263. The summed E-state index contributed by atoms with van der Waals surface area (Å²) < 4.78 is 39.0. The highest BCUT2D eigenvalue weighted by Crippen LogP contribution is 2.38. The molecule has 136 valence electrons. The summed E-state index contributed by atoms with van der Waals surface area (Å²) >= 11 is 0. The number of carbonyl (C=O) groups is 1. The lowest BCUT2D eigenvalue weighted by Gasteiger charge is -2.23. The minimum Gasteiger partial charge on any atom is -0.380 e. The number of aliphatic hydroxyl groups is 1. The normalized spacial score (nSPS) is 13.5. The van der Waals surface area contributed by atoms with Gasteiger partial charge in [0.2, 0.25) is 0 Å². The molecule has 1 amide bonds. The molecule has 2 aromatic carbocycles. The third kappa shape index (κ3) is 4.83. The predicted molar refractivity (Wildman–Crippen MR) is 91.7 cm³/mol. The standard InChI is InChI=1S/C19H17F3N2O2/c1-18(26,11-10-13-6-4-3-5-7-13)17(25)24-14-8-9-16(23-2)15(12-14)19(20,21)22/h3-9,12,26H,10-11H2,1H3,(H,24,25).